The largest absolute Gasteiger partial charge is 0.371 e. The zero-order valence-electron chi connectivity index (χ0n) is 14.7. The second-order valence-corrected chi connectivity index (χ2v) is 6.49. The van der Waals surface area contributed by atoms with Crippen molar-refractivity contribution in [1.82, 2.24) is 0 Å². The molecule has 1 aliphatic carbocycles. The number of allylic oxidation sites excluding steroid dienone is 2. The Kier molecular flexibility index (Phi) is 5.37. The molecule has 0 aromatic heterocycles. The summed E-state index contributed by atoms with van der Waals surface area (Å²) in [4.78, 5) is 4.61. The minimum atomic E-state index is 0.956. The first-order valence-corrected chi connectivity index (χ1v) is 8.63. The molecule has 2 heteroatoms. The van der Waals surface area contributed by atoms with Crippen LogP contribution in [0.5, 0.6) is 0 Å². The first-order valence-electron chi connectivity index (χ1n) is 8.63. The molecule has 0 bridgehead atoms. The Balaban J connectivity index is 1.57. The number of likely N-dealkylation sites (N-methyl/N-ethyl adjacent to an activating group) is 2. The van der Waals surface area contributed by atoms with Crippen LogP contribution >= 0.6 is 0 Å². The van der Waals surface area contributed by atoms with Crippen LogP contribution in [0.15, 0.2) is 84.0 Å². The molecule has 2 aromatic carbocycles. The van der Waals surface area contributed by atoms with E-state index in [9.17, 15) is 0 Å². The van der Waals surface area contributed by atoms with Gasteiger partial charge >= 0.3 is 0 Å². The number of hydrogen-bond acceptors (Lipinski definition) is 2. The smallest absolute Gasteiger partial charge is 0.0388 e. The maximum absolute atomic E-state index is 2.39. The average molecular weight is 318 g/mol. The summed E-state index contributed by atoms with van der Waals surface area (Å²) in [6.07, 6.45) is 7.10. The summed E-state index contributed by atoms with van der Waals surface area (Å²) in [5, 5.41) is 0. The molecule has 3 rings (SSSR count). The van der Waals surface area contributed by atoms with Gasteiger partial charge < -0.3 is 9.80 Å². The quantitative estimate of drug-likeness (QED) is 0.747. The fourth-order valence-electron chi connectivity index (χ4n) is 3.12. The third-order valence-electron chi connectivity index (χ3n) is 4.59. The molecule has 0 aliphatic heterocycles. The van der Waals surface area contributed by atoms with E-state index in [4.69, 9.17) is 0 Å². The van der Waals surface area contributed by atoms with Gasteiger partial charge in [0.05, 0.1) is 0 Å². The number of nitrogens with zero attached hydrogens (tertiary/aromatic N) is 2. The van der Waals surface area contributed by atoms with Crippen LogP contribution in [0.1, 0.15) is 12.8 Å². The molecular formula is C22H26N2. The lowest BCUT2D eigenvalue weighted by Crippen LogP contribution is -2.19. The first-order chi connectivity index (χ1) is 11.7. The summed E-state index contributed by atoms with van der Waals surface area (Å²) in [5.74, 6) is 0. The summed E-state index contributed by atoms with van der Waals surface area (Å²) in [5.41, 5.74) is 5.53. The van der Waals surface area contributed by atoms with Crippen LogP contribution in [0.4, 0.5) is 11.4 Å². The number of benzene rings is 2. The number of rotatable bonds is 6. The molecular weight excluding hydrogens is 292 g/mol. The van der Waals surface area contributed by atoms with Crippen LogP contribution in [-0.4, -0.2) is 27.2 Å². The second kappa shape index (κ2) is 7.87. The predicted molar refractivity (Wildman–Crippen MR) is 105 cm³/mol. The fraction of sp³-hybridized carbons (Fsp3) is 0.273. The van der Waals surface area contributed by atoms with E-state index >= 15 is 0 Å². The van der Waals surface area contributed by atoms with Crippen molar-refractivity contribution in [3.8, 4) is 0 Å². The Morgan fingerprint density at radius 2 is 1.38 bits per heavy atom. The molecule has 0 fully saturated rings. The molecule has 0 atom stereocenters. The summed E-state index contributed by atoms with van der Waals surface area (Å²) >= 11 is 0. The van der Waals surface area contributed by atoms with Gasteiger partial charge in [0.25, 0.3) is 0 Å². The lowest BCUT2D eigenvalue weighted by Gasteiger charge is -2.19. The molecule has 2 aromatic rings. The van der Waals surface area contributed by atoms with Crippen molar-refractivity contribution in [2.75, 3.05) is 37.0 Å². The standard InChI is InChI=1S/C22H26N2/c1-23(21-9-5-3-6-10-21)16-15-19-13-14-20(17-19)18-24(2)22-11-7-4-8-12-22/h3-12,15,17H,13-14,16,18H2,1-2H3/b19-15-. The Morgan fingerprint density at radius 3 is 2.00 bits per heavy atom. The fourth-order valence-corrected chi connectivity index (χ4v) is 3.12. The predicted octanol–water partition coefficient (Wildman–Crippen LogP) is 4.91. The average Bonchev–Trinajstić information content (AvgIpc) is 3.08. The van der Waals surface area contributed by atoms with Gasteiger partial charge in [0.15, 0.2) is 0 Å². The molecule has 0 N–H and O–H groups in total. The zero-order chi connectivity index (χ0) is 16.8. The molecule has 0 amide bonds. The van der Waals surface area contributed by atoms with Crippen LogP contribution in [0.2, 0.25) is 0 Å². The molecule has 0 saturated heterocycles. The van der Waals surface area contributed by atoms with E-state index in [2.05, 4.69) is 96.7 Å². The third-order valence-corrected chi connectivity index (χ3v) is 4.59. The molecule has 2 nitrogen and oxygen atoms in total. The zero-order valence-corrected chi connectivity index (χ0v) is 14.7. The van der Waals surface area contributed by atoms with Crippen LogP contribution < -0.4 is 9.80 Å². The van der Waals surface area contributed by atoms with E-state index in [0.29, 0.717) is 0 Å². The molecule has 0 radical (unpaired) electrons. The summed E-state index contributed by atoms with van der Waals surface area (Å²) < 4.78 is 0. The molecule has 24 heavy (non-hydrogen) atoms. The molecule has 0 unspecified atom stereocenters. The van der Waals surface area contributed by atoms with Crippen molar-refractivity contribution in [2.45, 2.75) is 12.8 Å². The highest BCUT2D eigenvalue weighted by Crippen LogP contribution is 2.25. The lowest BCUT2D eigenvalue weighted by molar-refractivity contribution is 0.907. The van der Waals surface area contributed by atoms with E-state index in [-0.39, 0.29) is 0 Å². The van der Waals surface area contributed by atoms with Gasteiger partial charge in [-0.15, -0.1) is 0 Å². The van der Waals surface area contributed by atoms with Crippen LogP contribution in [0.25, 0.3) is 0 Å². The van der Waals surface area contributed by atoms with Crippen molar-refractivity contribution < 1.29 is 0 Å². The van der Waals surface area contributed by atoms with E-state index in [1.54, 1.807) is 0 Å². The van der Waals surface area contributed by atoms with Gasteiger partial charge in [0.2, 0.25) is 0 Å². The molecule has 0 heterocycles. The highest BCUT2D eigenvalue weighted by atomic mass is 15.1. The minimum absolute atomic E-state index is 0.956. The lowest BCUT2D eigenvalue weighted by atomic mass is 10.2. The highest BCUT2D eigenvalue weighted by molar-refractivity contribution is 5.48. The van der Waals surface area contributed by atoms with Gasteiger partial charge in [-0.05, 0) is 42.7 Å². The van der Waals surface area contributed by atoms with Crippen LogP contribution in [0, 0.1) is 0 Å². The Labute approximate surface area is 145 Å². The highest BCUT2D eigenvalue weighted by Gasteiger charge is 2.12. The summed E-state index contributed by atoms with van der Waals surface area (Å²) in [6, 6.07) is 21.1. The van der Waals surface area contributed by atoms with Gasteiger partial charge in [-0.1, -0.05) is 54.1 Å². The maximum Gasteiger partial charge on any atom is 0.0388 e. The van der Waals surface area contributed by atoms with E-state index in [1.807, 2.05) is 0 Å². The Morgan fingerprint density at radius 1 is 0.792 bits per heavy atom. The van der Waals surface area contributed by atoms with Crippen molar-refractivity contribution in [1.29, 1.82) is 0 Å². The summed E-state index contributed by atoms with van der Waals surface area (Å²) in [6.45, 7) is 1.97. The second-order valence-electron chi connectivity index (χ2n) is 6.49. The normalized spacial score (nSPS) is 15.4. The topological polar surface area (TPSA) is 6.48 Å². The van der Waals surface area contributed by atoms with E-state index in [1.165, 1.54) is 35.4 Å². The van der Waals surface area contributed by atoms with Crippen molar-refractivity contribution in [3.63, 3.8) is 0 Å². The molecule has 0 spiro atoms. The van der Waals surface area contributed by atoms with Gasteiger partial charge in [0.1, 0.15) is 0 Å². The minimum Gasteiger partial charge on any atom is -0.371 e. The number of anilines is 2. The third kappa shape index (κ3) is 4.29. The van der Waals surface area contributed by atoms with Gasteiger partial charge in [-0.2, -0.15) is 0 Å². The van der Waals surface area contributed by atoms with Crippen LogP contribution in [-0.2, 0) is 0 Å². The van der Waals surface area contributed by atoms with Gasteiger partial charge in [-0.25, -0.2) is 0 Å². The number of hydrogen-bond donors (Lipinski definition) is 0. The van der Waals surface area contributed by atoms with E-state index < -0.39 is 0 Å². The monoisotopic (exact) mass is 318 g/mol. The first kappa shape index (κ1) is 16.4. The van der Waals surface area contributed by atoms with Crippen molar-refractivity contribution >= 4 is 11.4 Å². The van der Waals surface area contributed by atoms with Crippen molar-refractivity contribution in [3.05, 3.63) is 84.0 Å². The molecule has 1 aliphatic rings. The Hall–Kier alpha value is -2.48. The molecule has 124 valence electrons. The van der Waals surface area contributed by atoms with E-state index in [0.717, 1.165) is 13.1 Å². The van der Waals surface area contributed by atoms with Crippen molar-refractivity contribution in [2.24, 2.45) is 0 Å². The van der Waals surface area contributed by atoms with Gasteiger partial charge in [-0.3, -0.25) is 0 Å². The molecule has 0 saturated carbocycles. The summed E-state index contributed by atoms with van der Waals surface area (Å²) in [7, 11) is 4.32. The van der Waals surface area contributed by atoms with Crippen LogP contribution in [0.3, 0.4) is 0 Å². The Bertz CT molecular complexity index is 701. The maximum atomic E-state index is 2.39. The SMILES string of the molecule is CN(C/C=C1\C=C(CN(C)c2ccccc2)CC1)c1ccccc1. The van der Waals surface area contributed by atoms with Gasteiger partial charge in [0, 0.05) is 38.6 Å². The number of para-hydroxylation sites is 2.